The average molecular weight is 732 g/mol. The summed E-state index contributed by atoms with van der Waals surface area (Å²) in [6.07, 6.45) is 3.87. The number of hydrogen-bond acceptors (Lipinski definition) is 8. The number of amides is 3. The van der Waals surface area contributed by atoms with Crippen molar-refractivity contribution in [1.82, 2.24) is 25.2 Å². The number of nitrogens with one attached hydrogen (secondary N) is 2. The van der Waals surface area contributed by atoms with Crippen LogP contribution in [0.15, 0.2) is 67.0 Å². The van der Waals surface area contributed by atoms with Gasteiger partial charge >= 0.3 is 7.82 Å². The van der Waals surface area contributed by atoms with Crippen LogP contribution in [0.1, 0.15) is 41.5 Å². The third-order valence-corrected chi connectivity index (χ3v) is 9.42. The van der Waals surface area contributed by atoms with Crippen molar-refractivity contribution in [3.05, 3.63) is 99.8 Å². The molecule has 18 heteroatoms. The van der Waals surface area contributed by atoms with Crippen molar-refractivity contribution in [2.45, 2.75) is 43.3 Å². The highest BCUT2D eigenvalue weighted by Gasteiger charge is 2.52. The summed E-state index contributed by atoms with van der Waals surface area (Å²) in [5, 5.41) is 4.62. The van der Waals surface area contributed by atoms with E-state index >= 15 is 0 Å². The molecule has 4 aromatic rings. The number of nitrogen functional groups attached to an aromatic ring is 1. The number of pyridine rings is 1. The van der Waals surface area contributed by atoms with Crippen LogP contribution in [0.2, 0.25) is 10.0 Å². The molecule has 3 amide bonds. The van der Waals surface area contributed by atoms with Gasteiger partial charge in [0.1, 0.15) is 17.3 Å². The number of phosphoric ester groups is 1. The van der Waals surface area contributed by atoms with Gasteiger partial charge in [0.15, 0.2) is 5.82 Å². The zero-order valence-corrected chi connectivity index (χ0v) is 28.0. The first kappa shape index (κ1) is 34.5. The van der Waals surface area contributed by atoms with E-state index < -0.39 is 55.1 Å². The van der Waals surface area contributed by atoms with E-state index in [2.05, 4.69) is 25.1 Å². The van der Waals surface area contributed by atoms with E-state index in [0.29, 0.717) is 29.8 Å². The highest BCUT2D eigenvalue weighted by atomic mass is 35.5. The lowest BCUT2D eigenvalue weighted by atomic mass is 9.91. The predicted molar refractivity (Wildman–Crippen MR) is 177 cm³/mol. The number of nitrogens with zero attached hydrogens (tertiary/aromatic N) is 4. The fourth-order valence-corrected chi connectivity index (χ4v) is 6.61. The second-order valence-electron chi connectivity index (χ2n) is 11.9. The van der Waals surface area contributed by atoms with Crippen LogP contribution in [-0.4, -0.2) is 54.7 Å². The van der Waals surface area contributed by atoms with Crippen molar-refractivity contribution in [3.63, 3.8) is 0 Å². The Balaban J connectivity index is 1.37. The number of hydrogen-bond donors (Lipinski definition) is 5. The lowest BCUT2D eigenvalue weighted by molar-refractivity contribution is -0.125. The lowest BCUT2D eigenvalue weighted by Gasteiger charge is -2.27. The van der Waals surface area contributed by atoms with E-state index in [9.17, 15) is 33.1 Å². The molecular weight excluding hydrogens is 703 g/mol. The standard InChI is InChI=1S/C31H29Cl2FN7O7P/c1-30(14-17-5-7-18(35)8-6-17)28(44)40(19-12-20(32)25(34)21(33)13-19)29-37-15-23(41(29)30)27(43)38-22(16-48-49(45,46)47)26(42)39-31(9-10-31)24-4-2-3-11-36-24/h2-8,11-13,15,22H,9-10,14,16,35H2,1H3,(H,38,43)(H,39,42)(H2,45,46,47)/t22-,30+/m0/s1. The smallest absolute Gasteiger partial charge is 0.399 e. The van der Waals surface area contributed by atoms with Crippen LogP contribution in [0.3, 0.4) is 0 Å². The molecule has 2 aliphatic rings. The van der Waals surface area contributed by atoms with Gasteiger partial charge in [0, 0.05) is 18.3 Å². The largest absolute Gasteiger partial charge is 0.469 e. The fraction of sp³-hybridized carbons (Fsp3) is 0.258. The molecule has 49 heavy (non-hydrogen) atoms. The van der Waals surface area contributed by atoms with Gasteiger partial charge in [-0.15, -0.1) is 0 Å². The Bertz CT molecular complexity index is 1980. The summed E-state index contributed by atoms with van der Waals surface area (Å²) in [5.41, 5.74) is 5.15. The number of anilines is 3. The summed E-state index contributed by atoms with van der Waals surface area (Å²) in [6, 6.07) is 12.7. The molecule has 0 saturated heterocycles. The number of imidazole rings is 1. The zero-order chi connectivity index (χ0) is 35.3. The molecule has 1 saturated carbocycles. The molecular formula is C31H29Cl2FN7O7P. The number of rotatable bonds is 11. The normalized spacial score (nSPS) is 18.6. The van der Waals surface area contributed by atoms with Crippen molar-refractivity contribution in [3.8, 4) is 0 Å². The fourth-order valence-electron chi connectivity index (χ4n) is 5.79. The van der Waals surface area contributed by atoms with Gasteiger partial charge in [-0.05, 0) is 61.7 Å². The Morgan fingerprint density at radius 1 is 1.12 bits per heavy atom. The molecule has 1 aliphatic carbocycles. The molecule has 6 rings (SSSR count). The molecule has 1 fully saturated rings. The molecule has 256 valence electrons. The van der Waals surface area contributed by atoms with Gasteiger partial charge in [0.05, 0.1) is 39.8 Å². The SMILES string of the molecule is C[C@@]1(Cc2ccc(N)cc2)C(=O)N(c2cc(Cl)c(F)c(Cl)c2)c2ncc(C(=O)N[C@@H](COP(=O)(O)O)C(=O)NC3(c4ccccn4)CC3)n21. The van der Waals surface area contributed by atoms with E-state index in [1.165, 1.54) is 22.9 Å². The van der Waals surface area contributed by atoms with Gasteiger partial charge in [-0.2, -0.15) is 0 Å². The maximum absolute atomic E-state index is 14.4. The molecule has 6 N–H and O–H groups in total. The maximum atomic E-state index is 14.4. The Morgan fingerprint density at radius 2 is 1.80 bits per heavy atom. The minimum Gasteiger partial charge on any atom is -0.399 e. The van der Waals surface area contributed by atoms with Gasteiger partial charge < -0.3 is 26.2 Å². The first-order valence-corrected chi connectivity index (χ1v) is 17.1. The van der Waals surface area contributed by atoms with Gasteiger partial charge in [0.2, 0.25) is 11.9 Å². The van der Waals surface area contributed by atoms with Crippen molar-refractivity contribution < 1.29 is 37.6 Å². The zero-order valence-electron chi connectivity index (χ0n) is 25.6. The van der Waals surface area contributed by atoms with Gasteiger partial charge in [0.25, 0.3) is 11.8 Å². The molecule has 0 bridgehead atoms. The lowest BCUT2D eigenvalue weighted by Crippen LogP contribution is -2.52. The highest BCUT2D eigenvalue weighted by Crippen LogP contribution is 2.46. The van der Waals surface area contributed by atoms with E-state index in [1.807, 2.05) is 0 Å². The molecule has 0 unspecified atom stereocenters. The molecule has 0 spiro atoms. The summed E-state index contributed by atoms with van der Waals surface area (Å²) >= 11 is 12.1. The summed E-state index contributed by atoms with van der Waals surface area (Å²) in [7, 11) is -5.06. The van der Waals surface area contributed by atoms with E-state index in [4.69, 9.17) is 28.9 Å². The molecule has 2 atom stereocenters. The molecule has 2 aromatic carbocycles. The van der Waals surface area contributed by atoms with Crippen LogP contribution < -0.4 is 21.3 Å². The highest BCUT2D eigenvalue weighted by molar-refractivity contribution is 7.46. The monoisotopic (exact) mass is 731 g/mol. The van der Waals surface area contributed by atoms with Crippen molar-refractivity contribution in [2.24, 2.45) is 0 Å². The number of halogens is 3. The summed E-state index contributed by atoms with van der Waals surface area (Å²) in [6.45, 7) is 0.687. The van der Waals surface area contributed by atoms with E-state index in [-0.39, 0.29) is 33.8 Å². The Kier molecular flexibility index (Phi) is 9.03. The van der Waals surface area contributed by atoms with Gasteiger partial charge in [-0.3, -0.25) is 28.5 Å². The molecule has 14 nitrogen and oxygen atoms in total. The van der Waals surface area contributed by atoms with E-state index in [1.54, 1.807) is 55.6 Å². The number of benzene rings is 2. The van der Waals surface area contributed by atoms with Crippen molar-refractivity contribution in [1.29, 1.82) is 0 Å². The minimum absolute atomic E-state index is 0.0345. The number of fused-ring (bicyclic) bond motifs is 1. The quantitative estimate of drug-likeness (QED) is 0.0854. The van der Waals surface area contributed by atoms with Crippen molar-refractivity contribution >= 4 is 66.1 Å². The third-order valence-electron chi connectivity index (χ3n) is 8.39. The van der Waals surface area contributed by atoms with Gasteiger partial charge in [-0.25, -0.2) is 18.8 Å². The Labute approximate surface area is 288 Å². The number of carbonyl (C=O) groups is 3. The number of aromatic nitrogens is 3. The Hall–Kier alpha value is -4.37. The number of carbonyl (C=O) groups excluding carboxylic acids is 3. The summed E-state index contributed by atoms with van der Waals surface area (Å²) < 4.78 is 32.0. The molecule has 3 heterocycles. The summed E-state index contributed by atoms with van der Waals surface area (Å²) in [5.74, 6) is -3.19. The van der Waals surface area contributed by atoms with Crippen LogP contribution in [0.4, 0.5) is 21.7 Å². The predicted octanol–water partition coefficient (Wildman–Crippen LogP) is 3.96. The van der Waals surface area contributed by atoms with Crippen LogP contribution >= 0.6 is 31.0 Å². The van der Waals surface area contributed by atoms with Gasteiger partial charge in [-0.1, -0.05) is 41.4 Å². The van der Waals surface area contributed by atoms with Crippen LogP contribution in [0.25, 0.3) is 0 Å². The maximum Gasteiger partial charge on any atom is 0.469 e. The second-order valence-corrected chi connectivity index (χ2v) is 14.0. The van der Waals surface area contributed by atoms with Crippen LogP contribution in [0, 0.1) is 5.82 Å². The van der Waals surface area contributed by atoms with Crippen molar-refractivity contribution in [2.75, 3.05) is 17.2 Å². The number of phosphoric acid groups is 1. The minimum atomic E-state index is -5.06. The first-order chi connectivity index (χ1) is 23.1. The second kappa shape index (κ2) is 12.8. The van der Waals surface area contributed by atoms with Crippen LogP contribution in [0.5, 0.6) is 0 Å². The summed E-state index contributed by atoms with van der Waals surface area (Å²) in [4.78, 5) is 70.4. The first-order valence-electron chi connectivity index (χ1n) is 14.8. The Morgan fingerprint density at radius 3 is 2.39 bits per heavy atom. The molecule has 2 aromatic heterocycles. The molecule has 1 aliphatic heterocycles. The molecule has 0 radical (unpaired) electrons. The van der Waals surface area contributed by atoms with E-state index in [0.717, 1.165) is 4.90 Å². The van der Waals surface area contributed by atoms with Crippen LogP contribution in [-0.2, 0) is 36.2 Å². The topological polar surface area (TPSA) is 202 Å². The average Bonchev–Trinajstić information content (AvgIpc) is 3.64. The third kappa shape index (κ3) is 6.78. The number of nitrogens with two attached hydrogens (primary N) is 1.